The highest BCUT2D eigenvalue weighted by Crippen LogP contribution is 2.53. The van der Waals surface area contributed by atoms with Crippen molar-refractivity contribution in [2.24, 2.45) is 0 Å². The summed E-state index contributed by atoms with van der Waals surface area (Å²) in [5, 5.41) is 2.56. The Bertz CT molecular complexity index is 835. The quantitative estimate of drug-likeness (QED) is 0.209. The second kappa shape index (κ2) is 15.6. The highest BCUT2D eigenvalue weighted by atomic mass is 32.2. The third-order valence-corrected chi connectivity index (χ3v) is 18.5. The largest absolute Gasteiger partial charge is 0.282 e. The first-order chi connectivity index (χ1) is 17.3. The van der Waals surface area contributed by atoms with Gasteiger partial charge in [0, 0.05) is 32.5 Å². The molecule has 0 aliphatic carbocycles. The number of benzene rings is 1. The van der Waals surface area contributed by atoms with Crippen LogP contribution in [0.1, 0.15) is 35.5 Å². The van der Waals surface area contributed by atoms with Gasteiger partial charge in [-0.15, -0.1) is 47.0 Å². The summed E-state index contributed by atoms with van der Waals surface area (Å²) < 4.78 is 0.987. The minimum Gasteiger partial charge on any atom is -0.282 e. The van der Waals surface area contributed by atoms with Gasteiger partial charge < -0.3 is 0 Å². The SMILES string of the molecule is C=CC(=O)SC(C)C1CSC(C(SC)c2ccc(C(SC)C3SCC(C(C)SC(=O)C=C)S3)cc2)S1. The van der Waals surface area contributed by atoms with Gasteiger partial charge in [-0.1, -0.05) is 74.8 Å². The Balaban J connectivity index is 1.61. The Morgan fingerprint density at radius 3 is 1.47 bits per heavy atom. The van der Waals surface area contributed by atoms with Gasteiger partial charge >= 0.3 is 0 Å². The molecule has 2 aliphatic heterocycles. The van der Waals surface area contributed by atoms with Gasteiger partial charge in [0.1, 0.15) is 0 Å². The van der Waals surface area contributed by atoms with Crippen molar-refractivity contribution in [1.82, 2.24) is 0 Å². The topological polar surface area (TPSA) is 34.1 Å². The predicted molar refractivity (Wildman–Crippen MR) is 179 cm³/mol. The van der Waals surface area contributed by atoms with Crippen molar-refractivity contribution in [2.75, 3.05) is 24.0 Å². The molecule has 8 unspecified atom stereocenters. The van der Waals surface area contributed by atoms with Crippen LogP contribution < -0.4 is 0 Å². The zero-order chi connectivity index (χ0) is 26.2. The van der Waals surface area contributed by atoms with Gasteiger partial charge in [0.15, 0.2) is 0 Å². The van der Waals surface area contributed by atoms with Gasteiger partial charge in [0.2, 0.25) is 10.2 Å². The van der Waals surface area contributed by atoms with Crippen LogP contribution in [0.2, 0.25) is 0 Å². The van der Waals surface area contributed by atoms with Crippen LogP contribution in [0.25, 0.3) is 0 Å². The van der Waals surface area contributed by atoms with Crippen LogP contribution in [0.15, 0.2) is 49.6 Å². The highest BCUT2D eigenvalue weighted by molar-refractivity contribution is 8.23. The Hall–Kier alpha value is 0.840. The van der Waals surface area contributed by atoms with Crippen LogP contribution >= 0.6 is 94.1 Å². The average molecular weight is 635 g/mol. The van der Waals surface area contributed by atoms with E-state index in [1.165, 1.54) is 46.8 Å². The maximum Gasteiger partial charge on any atom is 0.211 e. The molecule has 2 saturated heterocycles. The van der Waals surface area contributed by atoms with E-state index in [0.717, 1.165) is 11.5 Å². The fourth-order valence-corrected chi connectivity index (χ4v) is 16.7. The molecule has 3 rings (SSSR count). The molecule has 198 valence electrons. The number of hydrogen-bond donors (Lipinski definition) is 0. The Kier molecular flexibility index (Phi) is 13.6. The molecule has 1 aromatic carbocycles. The maximum absolute atomic E-state index is 11.8. The van der Waals surface area contributed by atoms with Crippen molar-refractivity contribution in [1.29, 1.82) is 0 Å². The van der Waals surface area contributed by atoms with Crippen LogP contribution in [-0.4, -0.2) is 64.4 Å². The molecule has 0 saturated carbocycles. The fraction of sp³-hybridized carbons (Fsp3) is 0.538. The standard InChI is InChI=1S/C26H34O2S8/c1-7-21(27)33-15(3)19-13-31-25(35-19)23(29-5)17-9-11-18(12-10-17)24(30-6)26-32-14-20(36-26)16(4)34-22(28)8-2/h7-12,15-16,19-20,23-26H,1-2,13-14H2,3-6H3. The number of hydrogen-bond acceptors (Lipinski definition) is 10. The van der Waals surface area contributed by atoms with E-state index < -0.39 is 0 Å². The molecule has 10 heteroatoms. The zero-order valence-corrected chi connectivity index (χ0v) is 27.5. The first kappa shape index (κ1) is 31.4. The zero-order valence-electron chi connectivity index (χ0n) is 21.0. The minimum absolute atomic E-state index is 0.0697. The number of carbonyl (C=O) groups is 2. The molecule has 0 bridgehead atoms. The van der Waals surface area contributed by atoms with Crippen molar-refractivity contribution in [3.8, 4) is 0 Å². The summed E-state index contributed by atoms with van der Waals surface area (Å²) in [4.78, 5) is 23.6. The molecule has 1 aromatic rings. The third kappa shape index (κ3) is 8.42. The van der Waals surface area contributed by atoms with E-state index in [1.807, 2.05) is 70.6 Å². The summed E-state index contributed by atoms with van der Waals surface area (Å²) in [5.74, 6) is 2.17. The molecular weight excluding hydrogens is 601 g/mol. The Morgan fingerprint density at radius 2 is 1.17 bits per heavy atom. The molecule has 8 atom stereocenters. The number of thioether (sulfide) groups is 8. The van der Waals surface area contributed by atoms with E-state index in [4.69, 9.17) is 0 Å². The van der Waals surface area contributed by atoms with Crippen molar-refractivity contribution in [2.45, 2.75) is 54.5 Å². The van der Waals surface area contributed by atoms with Gasteiger partial charge in [-0.05, 0) is 35.8 Å². The molecule has 0 aromatic heterocycles. The van der Waals surface area contributed by atoms with Crippen molar-refractivity contribution >= 4 is 104 Å². The van der Waals surface area contributed by atoms with Gasteiger partial charge in [-0.2, -0.15) is 23.5 Å². The molecule has 0 radical (unpaired) electrons. The first-order valence-electron chi connectivity index (χ1n) is 11.7. The monoisotopic (exact) mass is 634 g/mol. The van der Waals surface area contributed by atoms with Crippen molar-refractivity contribution in [3.63, 3.8) is 0 Å². The number of rotatable bonds is 12. The summed E-state index contributed by atoms with van der Waals surface area (Å²) in [6.45, 7) is 11.5. The Labute approximate surface area is 251 Å². The second-order valence-corrected chi connectivity index (χ2v) is 18.9. The van der Waals surface area contributed by atoms with Gasteiger partial charge in [0.25, 0.3) is 0 Å². The summed E-state index contributed by atoms with van der Waals surface area (Å²) in [6.07, 6.45) is 7.26. The normalized spacial score (nSPS) is 27.2. The van der Waals surface area contributed by atoms with Crippen LogP contribution in [0.5, 0.6) is 0 Å². The average Bonchev–Trinajstić information content (AvgIpc) is 3.56. The van der Waals surface area contributed by atoms with E-state index >= 15 is 0 Å². The van der Waals surface area contributed by atoms with Gasteiger partial charge in [-0.3, -0.25) is 9.59 Å². The predicted octanol–water partition coefficient (Wildman–Crippen LogP) is 8.51. The van der Waals surface area contributed by atoms with Crippen LogP contribution in [0.4, 0.5) is 0 Å². The molecule has 0 spiro atoms. The summed E-state index contributed by atoms with van der Waals surface area (Å²) in [5.41, 5.74) is 2.77. The van der Waals surface area contributed by atoms with Gasteiger partial charge in [-0.25, -0.2) is 0 Å². The lowest BCUT2D eigenvalue weighted by molar-refractivity contribution is -0.107. The van der Waals surface area contributed by atoms with Crippen LogP contribution in [0, 0.1) is 0 Å². The summed E-state index contributed by atoms with van der Waals surface area (Å²) >= 11 is 14.8. The van der Waals surface area contributed by atoms with Crippen LogP contribution in [-0.2, 0) is 9.59 Å². The van der Waals surface area contributed by atoms with E-state index in [1.54, 1.807) is 0 Å². The maximum atomic E-state index is 11.8. The van der Waals surface area contributed by atoms with Crippen LogP contribution in [0.3, 0.4) is 0 Å². The van der Waals surface area contributed by atoms with Crippen molar-refractivity contribution < 1.29 is 9.59 Å². The molecular formula is C26H34O2S8. The lowest BCUT2D eigenvalue weighted by atomic mass is 10.1. The van der Waals surface area contributed by atoms with E-state index in [-0.39, 0.29) is 10.2 Å². The fourth-order valence-electron chi connectivity index (χ4n) is 3.99. The summed E-state index contributed by atoms with van der Waals surface area (Å²) in [7, 11) is 0. The van der Waals surface area contributed by atoms with E-state index in [0.29, 0.717) is 40.7 Å². The summed E-state index contributed by atoms with van der Waals surface area (Å²) in [6, 6.07) is 9.32. The molecule has 2 aliphatic rings. The Morgan fingerprint density at radius 1 is 0.806 bits per heavy atom. The lowest BCUT2D eigenvalue weighted by Gasteiger charge is -2.25. The molecule has 2 fully saturated rings. The number of carbonyl (C=O) groups excluding carboxylic acids is 2. The molecule has 2 nitrogen and oxygen atoms in total. The van der Waals surface area contributed by atoms with Gasteiger partial charge in [0.05, 0.1) is 19.7 Å². The highest BCUT2D eigenvalue weighted by Gasteiger charge is 2.38. The minimum atomic E-state index is 0.0697. The van der Waals surface area contributed by atoms with Crippen molar-refractivity contribution in [3.05, 3.63) is 60.7 Å². The molecule has 0 amide bonds. The molecule has 36 heavy (non-hydrogen) atoms. The molecule has 2 heterocycles. The third-order valence-electron chi connectivity index (χ3n) is 6.05. The van der Waals surface area contributed by atoms with E-state index in [9.17, 15) is 9.59 Å². The first-order valence-corrected chi connectivity index (χ1v) is 20.0. The lowest BCUT2D eigenvalue weighted by Crippen LogP contribution is -2.18. The van der Waals surface area contributed by atoms with E-state index in [2.05, 4.69) is 63.8 Å². The molecule has 0 N–H and O–H groups in total. The second-order valence-electron chi connectivity index (χ2n) is 8.42. The smallest absolute Gasteiger partial charge is 0.211 e.